The molecule has 0 spiro atoms. The highest BCUT2D eigenvalue weighted by molar-refractivity contribution is 7.92. The van der Waals surface area contributed by atoms with Crippen molar-refractivity contribution in [2.75, 3.05) is 23.7 Å². The van der Waals surface area contributed by atoms with Gasteiger partial charge >= 0.3 is 11.7 Å². The third-order valence-corrected chi connectivity index (χ3v) is 6.99. The molecule has 11 nitrogen and oxygen atoms in total. The number of hydrogen-bond acceptors (Lipinski definition) is 8. The quantitative estimate of drug-likeness (QED) is 0.375. The first-order valence-corrected chi connectivity index (χ1v) is 11.3. The second kappa shape index (κ2) is 9.35. The van der Waals surface area contributed by atoms with E-state index in [9.17, 15) is 27.6 Å². The molecule has 0 amide bonds. The van der Waals surface area contributed by atoms with Crippen LogP contribution >= 0.6 is 0 Å². The van der Waals surface area contributed by atoms with Gasteiger partial charge in [-0.2, -0.15) is 0 Å². The largest absolute Gasteiger partial charge is 0.454 e. The molecular formula is C22H22N4O7S. The lowest BCUT2D eigenvalue weighted by atomic mass is 10.2. The number of anilines is 2. The minimum Gasteiger partial charge on any atom is -0.454 e. The number of nitrogens with two attached hydrogens (primary N) is 1. The Morgan fingerprint density at radius 2 is 1.56 bits per heavy atom. The van der Waals surface area contributed by atoms with Crippen LogP contribution in [0.25, 0.3) is 0 Å². The molecule has 0 fully saturated rings. The Morgan fingerprint density at radius 3 is 2.15 bits per heavy atom. The number of aromatic nitrogens is 2. The molecule has 2 aromatic carbocycles. The van der Waals surface area contributed by atoms with Crippen LogP contribution in [0.3, 0.4) is 0 Å². The van der Waals surface area contributed by atoms with Crippen LogP contribution in [0.1, 0.15) is 20.7 Å². The predicted molar refractivity (Wildman–Crippen MR) is 124 cm³/mol. The van der Waals surface area contributed by atoms with E-state index in [1.165, 1.54) is 45.4 Å². The highest BCUT2D eigenvalue weighted by Crippen LogP contribution is 2.22. The van der Waals surface area contributed by atoms with E-state index in [0.29, 0.717) is 5.69 Å². The number of rotatable bonds is 7. The van der Waals surface area contributed by atoms with Crippen molar-refractivity contribution in [1.29, 1.82) is 0 Å². The number of esters is 1. The third kappa shape index (κ3) is 4.48. The minimum atomic E-state index is -3.87. The number of ether oxygens (including phenoxy) is 1. The van der Waals surface area contributed by atoms with Crippen molar-refractivity contribution >= 4 is 33.3 Å². The second-order valence-electron chi connectivity index (χ2n) is 7.30. The van der Waals surface area contributed by atoms with E-state index in [4.69, 9.17) is 10.5 Å². The van der Waals surface area contributed by atoms with Crippen molar-refractivity contribution in [3.63, 3.8) is 0 Å². The van der Waals surface area contributed by atoms with Crippen molar-refractivity contribution in [1.82, 2.24) is 9.13 Å². The summed E-state index contributed by atoms with van der Waals surface area (Å²) in [6, 6.07) is 13.5. The Labute approximate surface area is 194 Å². The molecular weight excluding hydrogens is 464 g/mol. The number of hydrogen-bond donors (Lipinski definition) is 1. The van der Waals surface area contributed by atoms with E-state index in [1.807, 2.05) is 0 Å². The predicted octanol–water partition coefficient (Wildman–Crippen LogP) is 0.531. The van der Waals surface area contributed by atoms with Gasteiger partial charge in [0, 0.05) is 21.1 Å². The Hall–Kier alpha value is -4.19. The van der Waals surface area contributed by atoms with E-state index in [-0.39, 0.29) is 16.3 Å². The van der Waals surface area contributed by atoms with Crippen LogP contribution in [0.5, 0.6) is 0 Å². The molecule has 0 aliphatic carbocycles. The summed E-state index contributed by atoms with van der Waals surface area (Å²) in [6.45, 7) is -0.798. The molecule has 0 saturated carbocycles. The second-order valence-corrected chi connectivity index (χ2v) is 9.27. The number of nitrogen functional groups attached to an aromatic ring is 1. The molecule has 3 rings (SSSR count). The van der Waals surface area contributed by atoms with Crippen molar-refractivity contribution in [2.45, 2.75) is 4.90 Å². The van der Waals surface area contributed by atoms with Crippen LogP contribution in [-0.4, -0.2) is 43.0 Å². The van der Waals surface area contributed by atoms with Gasteiger partial charge < -0.3 is 10.5 Å². The van der Waals surface area contributed by atoms with Crippen LogP contribution in [0.2, 0.25) is 0 Å². The summed E-state index contributed by atoms with van der Waals surface area (Å²) in [4.78, 5) is 48.9. The average molecular weight is 487 g/mol. The molecule has 1 aromatic heterocycles. The number of ketones is 1. The Bertz CT molecular complexity index is 1470. The summed E-state index contributed by atoms with van der Waals surface area (Å²) >= 11 is 0. The summed E-state index contributed by atoms with van der Waals surface area (Å²) in [5, 5.41) is 0. The van der Waals surface area contributed by atoms with E-state index in [0.717, 1.165) is 13.4 Å². The maximum Gasteiger partial charge on any atom is 0.338 e. The number of para-hydroxylation sites is 1. The first-order valence-electron chi connectivity index (χ1n) is 9.86. The monoisotopic (exact) mass is 486 g/mol. The highest BCUT2D eigenvalue weighted by Gasteiger charge is 2.23. The third-order valence-electron chi connectivity index (χ3n) is 5.19. The standard InChI is InChI=1S/C22H22N4O7S/c1-24-19(23)18(20(28)25(2)22(24)30)17(27)13-33-21(29)14-9-11-16(12-10-14)34(31,32)26(3)15-7-5-4-6-8-15/h4-12H,13,23H2,1-3H3. The number of carbonyl (C=O) groups is 2. The minimum absolute atomic E-state index is 0.00421. The molecule has 0 radical (unpaired) electrons. The van der Waals surface area contributed by atoms with Crippen LogP contribution in [0.15, 0.2) is 69.1 Å². The number of benzene rings is 2. The van der Waals surface area contributed by atoms with Gasteiger partial charge in [0.1, 0.15) is 11.4 Å². The van der Waals surface area contributed by atoms with E-state index < -0.39 is 45.2 Å². The zero-order valence-corrected chi connectivity index (χ0v) is 19.4. The van der Waals surface area contributed by atoms with E-state index in [2.05, 4.69) is 0 Å². The zero-order chi connectivity index (χ0) is 25.2. The van der Waals surface area contributed by atoms with Gasteiger partial charge in [-0.05, 0) is 36.4 Å². The van der Waals surface area contributed by atoms with Gasteiger partial charge in [0.15, 0.2) is 6.61 Å². The number of nitrogens with zero attached hydrogens (tertiary/aromatic N) is 3. The number of Topliss-reactive ketones (excluding diaryl/α,β-unsaturated/α-hetero) is 1. The molecule has 0 aliphatic rings. The summed E-state index contributed by atoms with van der Waals surface area (Å²) < 4.78 is 33.4. The summed E-state index contributed by atoms with van der Waals surface area (Å²) in [5.41, 5.74) is 4.11. The molecule has 3 aromatic rings. The Kier molecular flexibility index (Phi) is 6.73. The van der Waals surface area contributed by atoms with Gasteiger partial charge in [0.2, 0.25) is 5.78 Å². The van der Waals surface area contributed by atoms with Crippen LogP contribution in [0, 0.1) is 0 Å². The maximum atomic E-state index is 12.8. The lowest BCUT2D eigenvalue weighted by Crippen LogP contribution is -2.42. The molecule has 0 atom stereocenters. The maximum absolute atomic E-state index is 12.8. The first-order chi connectivity index (χ1) is 16.0. The van der Waals surface area contributed by atoms with Gasteiger partial charge in [-0.1, -0.05) is 18.2 Å². The molecule has 0 aliphatic heterocycles. The lowest BCUT2D eigenvalue weighted by Gasteiger charge is -2.19. The lowest BCUT2D eigenvalue weighted by molar-refractivity contribution is 0.0474. The van der Waals surface area contributed by atoms with Gasteiger partial charge in [-0.15, -0.1) is 0 Å². The normalized spacial score (nSPS) is 11.1. The van der Waals surface area contributed by atoms with E-state index >= 15 is 0 Å². The first kappa shape index (κ1) is 24.5. The van der Waals surface area contributed by atoms with Crippen molar-refractivity contribution in [3.8, 4) is 0 Å². The fourth-order valence-electron chi connectivity index (χ4n) is 3.11. The Morgan fingerprint density at radius 1 is 0.971 bits per heavy atom. The van der Waals surface area contributed by atoms with E-state index in [1.54, 1.807) is 30.3 Å². The van der Waals surface area contributed by atoms with Gasteiger partial charge in [-0.25, -0.2) is 18.0 Å². The molecule has 1 heterocycles. The smallest absolute Gasteiger partial charge is 0.338 e. The highest BCUT2D eigenvalue weighted by atomic mass is 32.2. The topological polar surface area (TPSA) is 151 Å². The molecule has 34 heavy (non-hydrogen) atoms. The molecule has 0 unspecified atom stereocenters. The SMILES string of the molecule is CN(c1ccccc1)S(=O)(=O)c1ccc(C(=O)OCC(=O)c2c(N)n(C)c(=O)n(C)c2=O)cc1. The fraction of sp³-hybridized carbons (Fsp3) is 0.182. The molecule has 2 N–H and O–H groups in total. The molecule has 0 bridgehead atoms. The molecule has 178 valence electrons. The molecule has 0 saturated heterocycles. The molecule has 12 heteroatoms. The van der Waals surface area contributed by atoms with Gasteiger partial charge in [-0.3, -0.25) is 23.0 Å². The van der Waals surface area contributed by atoms with Crippen LogP contribution in [0.4, 0.5) is 11.5 Å². The fourth-order valence-corrected chi connectivity index (χ4v) is 4.30. The van der Waals surface area contributed by atoms with Crippen molar-refractivity contribution in [2.24, 2.45) is 14.1 Å². The van der Waals surface area contributed by atoms with Crippen LogP contribution in [-0.2, 0) is 28.9 Å². The Balaban J connectivity index is 1.75. The van der Waals surface area contributed by atoms with Crippen molar-refractivity contribution < 1.29 is 22.7 Å². The summed E-state index contributed by atoms with van der Waals surface area (Å²) in [5.74, 6) is -2.13. The average Bonchev–Trinajstić information content (AvgIpc) is 2.85. The summed E-state index contributed by atoms with van der Waals surface area (Å²) in [7, 11) is 0.0299. The van der Waals surface area contributed by atoms with Gasteiger partial charge in [0.05, 0.1) is 16.1 Å². The van der Waals surface area contributed by atoms with Gasteiger partial charge in [0.25, 0.3) is 15.6 Å². The number of sulfonamides is 1. The summed E-state index contributed by atoms with van der Waals surface area (Å²) in [6.07, 6.45) is 0. The van der Waals surface area contributed by atoms with Crippen molar-refractivity contribution in [3.05, 3.63) is 86.6 Å². The zero-order valence-electron chi connectivity index (χ0n) is 18.6. The number of carbonyl (C=O) groups excluding carboxylic acids is 2. The van der Waals surface area contributed by atoms with Crippen LogP contribution < -0.4 is 21.3 Å².